The molecule has 20 heavy (non-hydrogen) atoms. The Balaban J connectivity index is 1.65. The molecule has 0 aromatic heterocycles. The lowest BCUT2D eigenvalue weighted by Crippen LogP contribution is -2.45. The number of aryl methyl sites for hydroxylation is 1. The molecule has 1 aromatic rings. The normalized spacial score (nSPS) is 29.2. The van der Waals surface area contributed by atoms with Gasteiger partial charge in [-0.25, -0.2) is 0 Å². The highest BCUT2D eigenvalue weighted by Gasteiger charge is 2.30. The third kappa shape index (κ3) is 2.84. The van der Waals surface area contributed by atoms with Gasteiger partial charge in [-0.1, -0.05) is 6.07 Å². The number of rotatable bonds is 4. The molecule has 110 valence electrons. The third-order valence-corrected chi connectivity index (χ3v) is 4.85. The molecule has 2 aliphatic rings. The molecule has 3 unspecified atom stereocenters. The predicted molar refractivity (Wildman–Crippen MR) is 80.4 cm³/mol. The second-order valence-corrected chi connectivity index (χ2v) is 6.05. The summed E-state index contributed by atoms with van der Waals surface area (Å²) in [5.41, 5.74) is 2.93. The lowest BCUT2D eigenvalue weighted by Gasteiger charge is -2.30. The molecule has 1 N–H and O–H groups in total. The fourth-order valence-electron chi connectivity index (χ4n) is 3.70. The van der Waals surface area contributed by atoms with Crippen molar-refractivity contribution >= 4 is 0 Å². The van der Waals surface area contributed by atoms with Gasteiger partial charge in [0.05, 0.1) is 13.2 Å². The molecule has 0 radical (unpaired) electrons. The Bertz CT molecular complexity index is 460. The van der Waals surface area contributed by atoms with Gasteiger partial charge >= 0.3 is 0 Å². The largest absolute Gasteiger partial charge is 0.497 e. The van der Waals surface area contributed by atoms with E-state index in [0.717, 1.165) is 12.2 Å². The Kier molecular flexibility index (Phi) is 4.27. The molecule has 3 atom stereocenters. The van der Waals surface area contributed by atoms with Gasteiger partial charge in [0.1, 0.15) is 5.75 Å². The predicted octanol–water partition coefficient (Wildman–Crippen LogP) is 2.71. The molecule has 0 saturated heterocycles. The number of hydrogen-bond acceptors (Lipinski definition) is 3. The number of nitrogens with one attached hydrogen (secondary N) is 1. The van der Waals surface area contributed by atoms with Crippen molar-refractivity contribution in [2.24, 2.45) is 0 Å². The maximum atomic E-state index is 5.59. The minimum absolute atomic E-state index is 0.404. The molecule has 0 heterocycles. The van der Waals surface area contributed by atoms with Crippen LogP contribution in [0.15, 0.2) is 18.2 Å². The first-order chi connectivity index (χ1) is 9.80. The standard InChI is InChI=1S/C17H25NO2/c1-19-15-9-7-12-6-8-14(10-13(12)11-15)18-16-4-3-5-17(16)20-2/h7,9,11,14,16-18H,3-6,8,10H2,1-2H3. The molecular formula is C17H25NO2. The van der Waals surface area contributed by atoms with Gasteiger partial charge in [0.2, 0.25) is 0 Å². The maximum absolute atomic E-state index is 5.59. The Morgan fingerprint density at radius 2 is 2.00 bits per heavy atom. The second-order valence-electron chi connectivity index (χ2n) is 6.05. The van der Waals surface area contributed by atoms with Crippen LogP contribution in [0.5, 0.6) is 5.75 Å². The fourth-order valence-corrected chi connectivity index (χ4v) is 3.70. The van der Waals surface area contributed by atoms with Crippen LogP contribution in [0.3, 0.4) is 0 Å². The summed E-state index contributed by atoms with van der Waals surface area (Å²) in [6, 6.07) is 7.61. The summed E-state index contributed by atoms with van der Waals surface area (Å²) in [7, 11) is 3.58. The van der Waals surface area contributed by atoms with E-state index < -0.39 is 0 Å². The van der Waals surface area contributed by atoms with E-state index >= 15 is 0 Å². The van der Waals surface area contributed by atoms with Crippen LogP contribution >= 0.6 is 0 Å². The average molecular weight is 275 g/mol. The number of ether oxygens (including phenoxy) is 2. The molecule has 1 aromatic carbocycles. The molecule has 1 fully saturated rings. The van der Waals surface area contributed by atoms with E-state index in [1.807, 2.05) is 7.11 Å². The van der Waals surface area contributed by atoms with Gasteiger partial charge < -0.3 is 14.8 Å². The first-order valence-electron chi connectivity index (χ1n) is 7.75. The summed E-state index contributed by atoms with van der Waals surface area (Å²) < 4.78 is 10.9. The van der Waals surface area contributed by atoms with Crippen molar-refractivity contribution < 1.29 is 9.47 Å². The Morgan fingerprint density at radius 3 is 2.80 bits per heavy atom. The Labute approximate surface area is 121 Å². The first-order valence-corrected chi connectivity index (χ1v) is 7.75. The van der Waals surface area contributed by atoms with E-state index in [1.165, 1.54) is 43.2 Å². The highest BCUT2D eigenvalue weighted by molar-refractivity contribution is 5.37. The van der Waals surface area contributed by atoms with Crippen LogP contribution in [-0.2, 0) is 17.6 Å². The summed E-state index contributed by atoms with van der Waals surface area (Å²) in [4.78, 5) is 0. The monoisotopic (exact) mass is 275 g/mol. The van der Waals surface area contributed by atoms with Crippen molar-refractivity contribution in [2.45, 2.75) is 56.7 Å². The van der Waals surface area contributed by atoms with Gasteiger partial charge in [0.25, 0.3) is 0 Å². The number of hydrogen-bond donors (Lipinski definition) is 1. The SMILES string of the molecule is COc1ccc2c(c1)CC(NC1CCCC1OC)CC2. The summed E-state index contributed by atoms with van der Waals surface area (Å²) in [5, 5.41) is 3.83. The van der Waals surface area contributed by atoms with Crippen molar-refractivity contribution in [1.29, 1.82) is 0 Å². The van der Waals surface area contributed by atoms with Crippen molar-refractivity contribution in [2.75, 3.05) is 14.2 Å². The zero-order valence-corrected chi connectivity index (χ0v) is 12.5. The van der Waals surface area contributed by atoms with Crippen molar-refractivity contribution in [3.8, 4) is 5.75 Å². The van der Waals surface area contributed by atoms with Gasteiger partial charge in [-0.2, -0.15) is 0 Å². The van der Waals surface area contributed by atoms with E-state index in [4.69, 9.17) is 9.47 Å². The van der Waals surface area contributed by atoms with Crippen LogP contribution in [0, 0.1) is 0 Å². The summed E-state index contributed by atoms with van der Waals surface area (Å²) in [6.45, 7) is 0. The lowest BCUT2D eigenvalue weighted by molar-refractivity contribution is 0.0805. The molecule has 2 aliphatic carbocycles. The first kappa shape index (κ1) is 13.9. The van der Waals surface area contributed by atoms with E-state index in [2.05, 4.69) is 23.5 Å². The zero-order chi connectivity index (χ0) is 13.9. The van der Waals surface area contributed by atoms with Gasteiger partial charge in [0, 0.05) is 19.2 Å². The minimum atomic E-state index is 0.404. The van der Waals surface area contributed by atoms with Gasteiger partial charge in [-0.3, -0.25) is 0 Å². The van der Waals surface area contributed by atoms with Crippen LogP contribution in [0.25, 0.3) is 0 Å². The summed E-state index contributed by atoms with van der Waals surface area (Å²) >= 11 is 0. The smallest absolute Gasteiger partial charge is 0.119 e. The van der Waals surface area contributed by atoms with E-state index in [1.54, 1.807) is 7.11 Å². The molecule has 3 rings (SSSR count). The van der Waals surface area contributed by atoms with Crippen LogP contribution in [-0.4, -0.2) is 32.4 Å². The molecule has 0 spiro atoms. The van der Waals surface area contributed by atoms with Gasteiger partial charge in [-0.15, -0.1) is 0 Å². The van der Waals surface area contributed by atoms with Gasteiger partial charge in [-0.05, 0) is 61.8 Å². The Hall–Kier alpha value is -1.06. The summed E-state index contributed by atoms with van der Waals surface area (Å²) in [5.74, 6) is 0.972. The van der Waals surface area contributed by atoms with Crippen molar-refractivity contribution in [3.05, 3.63) is 29.3 Å². The summed E-state index contributed by atoms with van der Waals surface area (Å²) in [6.07, 6.45) is 7.65. The fraction of sp³-hybridized carbons (Fsp3) is 0.647. The Morgan fingerprint density at radius 1 is 1.10 bits per heavy atom. The molecule has 0 bridgehead atoms. The minimum Gasteiger partial charge on any atom is -0.497 e. The second kappa shape index (κ2) is 6.15. The number of methoxy groups -OCH3 is 2. The molecule has 3 heteroatoms. The van der Waals surface area contributed by atoms with E-state index in [-0.39, 0.29) is 0 Å². The number of fused-ring (bicyclic) bond motifs is 1. The average Bonchev–Trinajstić information content (AvgIpc) is 2.93. The zero-order valence-electron chi connectivity index (χ0n) is 12.5. The molecular weight excluding hydrogens is 250 g/mol. The van der Waals surface area contributed by atoms with Crippen LogP contribution in [0.2, 0.25) is 0 Å². The quantitative estimate of drug-likeness (QED) is 0.916. The highest BCUT2D eigenvalue weighted by Crippen LogP contribution is 2.28. The lowest BCUT2D eigenvalue weighted by atomic mass is 9.87. The van der Waals surface area contributed by atoms with E-state index in [0.29, 0.717) is 18.2 Å². The molecule has 3 nitrogen and oxygen atoms in total. The molecule has 0 amide bonds. The van der Waals surface area contributed by atoms with Crippen LogP contribution in [0.4, 0.5) is 0 Å². The topological polar surface area (TPSA) is 30.5 Å². The van der Waals surface area contributed by atoms with Crippen LogP contribution in [0.1, 0.15) is 36.8 Å². The van der Waals surface area contributed by atoms with E-state index in [9.17, 15) is 0 Å². The van der Waals surface area contributed by atoms with Gasteiger partial charge in [0.15, 0.2) is 0 Å². The third-order valence-electron chi connectivity index (χ3n) is 4.85. The molecule has 1 saturated carbocycles. The maximum Gasteiger partial charge on any atom is 0.119 e. The highest BCUT2D eigenvalue weighted by atomic mass is 16.5. The van der Waals surface area contributed by atoms with Crippen molar-refractivity contribution in [1.82, 2.24) is 5.32 Å². The van der Waals surface area contributed by atoms with Crippen molar-refractivity contribution in [3.63, 3.8) is 0 Å². The van der Waals surface area contributed by atoms with Crippen LogP contribution < -0.4 is 10.1 Å². The number of benzene rings is 1. The molecule has 0 aliphatic heterocycles.